The molecule has 4 rings (SSSR count). The Morgan fingerprint density at radius 3 is 2.59 bits per heavy atom. The molecule has 174 valence electrons. The highest BCUT2D eigenvalue weighted by Crippen LogP contribution is 2.24. The van der Waals surface area contributed by atoms with Crippen molar-refractivity contribution >= 4 is 44.3 Å². The van der Waals surface area contributed by atoms with E-state index in [4.69, 9.17) is 5.14 Å². The predicted octanol–water partition coefficient (Wildman–Crippen LogP) is 3.38. The van der Waals surface area contributed by atoms with Crippen LogP contribution in [0.1, 0.15) is 11.1 Å². The number of sulfonamides is 1. The van der Waals surface area contributed by atoms with Crippen molar-refractivity contribution in [3.05, 3.63) is 88.2 Å². The monoisotopic (exact) mass is 494 g/mol. The van der Waals surface area contributed by atoms with Crippen LogP contribution in [0.25, 0.3) is 16.6 Å². The normalized spacial score (nSPS) is 11.5. The van der Waals surface area contributed by atoms with Crippen LogP contribution in [-0.4, -0.2) is 29.6 Å². The fraction of sp³-hybridized carbons (Fsp3) is 0.125. The smallest absolute Gasteiger partial charge is 0.266 e. The molecule has 3 N–H and O–H groups in total. The number of rotatable bonds is 6. The van der Waals surface area contributed by atoms with Gasteiger partial charge < -0.3 is 5.32 Å². The zero-order valence-corrected chi connectivity index (χ0v) is 20.1. The number of benzene rings is 3. The molecule has 34 heavy (non-hydrogen) atoms. The predicted molar refractivity (Wildman–Crippen MR) is 134 cm³/mol. The summed E-state index contributed by atoms with van der Waals surface area (Å²) in [6.07, 6.45) is 0. The molecule has 10 heteroatoms. The van der Waals surface area contributed by atoms with Gasteiger partial charge in [0.15, 0.2) is 5.16 Å². The van der Waals surface area contributed by atoms with Gasteiger partial charge in [-0.2, -0.15) is 0 Å². The van der Waals surface area contributed by atoms with E-state index >= 15 is 0 Å². The third-order valence-electron chi connectivity index (χ3n) is 5.13. The number of carbonyl (C=O) groups excluding carboxylic acids is 1. The van der Waals surface area contributed by atoms with E-state index < -0.39 is 10.0 Å². The maximum absolute atomic E-state index is 13.4. The SMILES string of the molecule is Cc1ccc(C)c(-n2c(SCC(=O)Nc3cccc(S(N)(=O)=O)c3)nc3ccccc3c2=O)c1. The van der Waals surface area contributed by atoms with Gasteiger partial charge in [-0.3, -0.25) is 14.2 Å². The van der Waals surface area contributed by atoms with Gasteiger partial charge in [-0.1, -0.05) is 42.1 Å². The van der Waals surface area contributed by atoms with Crippen LogP contribution in [0.5, 0.6) is 0 Å². The second-order valence-corrected chi connectivity index (χ2v) is 10.3. The summed E-state index contributed by atoms with van der Waals surface area (Å²) in [4.78, 5) is 30.6. The first-order chi connectivity index (χ1) is 16.1. The van der Waals surface area contributed by atoms with Crippen molar-refractivity contribution in [2.45, 2.75) is 23.9 Å². The molecule has 0 aliphatic rings. The lowest BCUT2D eigenvalue weighted by molar-refractivity contribution is -0.113. The fourth-order valence-electron chi connectivity index (χ4n) is 3.46. The van der Waals surface area contributed by atoms with E-state index in [2.05, 4.69) is 10.3 Å². The van der Waals surface area contributed by atoms with Crippen LogP contribution in [0.15, 0.2) is 81.6 Å². The summed E-state index contributed by atoms with van der Waals surface area (Å²) in [5, 5.41) is 8.69. The minimum atomic E-state index is -3.89. The topological polar surface area (TPSA) is 124 Å². The molecular weight excluding hydrogens is 472 g/mol. The summed E-state index contributed by atoms with van der Waals surface area (Å²) in [5.74, 6) is -0.429. The Morgan fingerprint density at radius 1 is 1.06 bits per heavy atom. The lowest BCUT2D eigenvalue weighted by Crippen LogP contribution is -2.23. The minimum absolute atomic E-state index is 0.0464. The van der Waals surface area contributed by atoms with Gasteiger partial charge in [-0.25, -0.2) is 18.5 Å². The first-order valence-corrected chi connectivity index (χ1v) is 12.8. The number of nitrogens with zero attached hydrogens (tertiary/aromatic N) is 2. The number of amides is 1. The quantitative estimate of drug-likeness (QED) is 0.313. The lowest BCUT2D eigenvalue weighted by Gasteiger charge is -2.16. The number of nitrogens with one attached hydrogen (secondary N) is 1. The van der Waals surface area contributed by atoms with Crippen LogP contribution < -0.4 is 16.0 Å². The van der Waals surface area contributed by atoms with Crippen LogP contribution in [-0.2, 0) is 14.8 Å². The summed E-state index contributed by atoms with van der Waals surface area (Å²) in [6, 6.07) is 18.6. The highest BCUT2D eigenvalue weighted by Gasteiger charge is 2.17. The highest BCUT2D eigenvalue weighted by atomic mass is 32.2. The number of anilines is 1. The van der Waals surface area contributed by atoms with E-state index in [0.29, 0.717) is 27.4 Å². The fourth-order valence-corrected chi connectivity index (χ4v) is 4.83. The van der Waals surface area contributed by atoms with Crippen LogP contribution in [0.3, 0.4) is 0 Å². The summed E-state index contributed by atoms with van der Waals surface area (Å²) in [5.41, 5.74) is 3.21. The van der Waals surface area contributed by atoms with Crippen LogP contribution >= 0.6 is 11.8 Å². The molecule has 1 heterocycles. The van der Waals surface area contributed by atoms with Gasteiger partial charge in [0.05, 0.1) is 27.2 Å². The average molecular weight is 495 g/mol. The number of para-hydroxylation sites is 1. The van der Waals surface area contributed by atoms with Crippen molar-refractivity contribution in [1.29, 1.82) is 0 Å². The van der Waals surface area contributed by atoms with Crippen molar-refractivity contribution in [3.63, 3.8) is 0 Å². The van der Waals surface area contributed by atoms with Crippen LogP contribution in [0.4, 0.5) is 5.69 Å². The number of fused-ring (bicyclic) bond motifs is 1. The molecule has 4 aromatic rings. The van der Waals surface area contributed by atoms with Gasteiger partial charge in [-0.15, -0.1) is 0 Å². The molecule has 0 radical (unpaired) electrons. The van der Waals surface area contributed by atoms with Crippen molar-refractivity contribution in [2.24, 2.45) is 5.14 Å². The second-order valence-electron chi connectivity index (χ2n) is 7.75. The Labute approximate surface area is 200 Å². The Hall–Kier alpha value is -3.47. The van der Waals surface area contributed by atoms with E-state index in [1.807, 2.05) is 32.0 Å². The minimum Gasteiger partial charge on any atom is -0.325 e. The summed E-state index contributed by atoms with van der Waals surface area (Å²) < 4.78 is 24.7. The van der Waals surface area contributed by atoms with E-state index in [-0.39, 0.29) is 22.1 Å². The molecule has 3 aromatic carbocycles. The number of nitrogens with two attached hydrogens (primary N) is 1. The molecule has 0 spiro atoms. The molecule has 0 saturated heterocycles. The highest BCUT2D eigenvalue weighted by molar-refractivity contribution is 7.99. The average Bonchev–Trinajstić information content (AvgIpc) is 2.79. The van der Waals surface area contributed by atoms with Gasteiger partial charge >= 0.3 is 0 Å². The lowest BCUT2D eigenvalue weighted by atomic mass is 10.1. The summed E-state index contributed by atoms with van der Waals surface area (Å²) in [7, 11) is -3.89. The first-order valence-electron chi connectivity index (χ1n) is 10.3. The number of carbonyl (C=O) groups is 1. The molecule has 0 fully saturated rings. The maximum Gasteiger partial charge on any atom is 0.266 e. The Balaban J connectivity index is 1.67. The molecule has 0 unspecified atom stereocenters. The third-order valence-corrected chi connectivity index (χ3v) is 6.98. The molecule has 0 bridgehead atoms. The van der Waals surface area contributed by atoms with Crippen LogP contribution in [0, 0.1) is 13.8 Å². The molecule has 0 atom stereocenters. The summed E-state index contributed by atoms with van der Waals surface area (Å²) in [6.45, 7) is 3.86. The number of hydrogen-bond acceptors (Lipinski definition) is 6. The Morgan fingerprint density at radius 2 is 1.82 bits per heavy atom. The van der Waals surface area contributed by atoms with E-state index in [0.717, 1.165) is 22.9 Å². The van der Waals surface area contributed by atoms with Gasteiger partial charge in [0.1, 0.15) is 0 Å². The third kappa shape index (κ3) is 5.04. The summed E-state index contributed by atoms with van der Waals surface area (Å²) >= 11 is 1.12. The van der Waals surface area contributed by atoms with Gasteiger partial charge in [0, 0.05) is 5.69 Å². The zero-order valence-electron chi connectivity index (χ0n) is 18.5. The molecule has 1 aromatic heterocycles. The molecule has 0 aliphatic carbocycles. The van der Waals surface area contributed by atoms with E-state index in [9.17, 15) is 18.0 Å². The molecular formula is C24H22N4O4S2. The number of aryl methyl sites for hydroxylation is 2. The number of thioether (sulfide) groups is 1. The van der Waals surface area contributed by atoms with Crippen molar-refractivity contribution < 1.29 is 13.2 Å². The van der Waals surface area contributed by atoms with Gasteiger partial charge in [0.25, 0.3) is 5.56 Å². The Bertz CT molecular complexity index is 1580. The second kappa shape index (κ2) is 9.41. The molecule has 0 aliphatic heterocycles. The standard InChI is InChI=1S/C24H22N4O4S2/c1-15-10-11-16(2)21(12-15)28-23(30)19-8-3-4-9-20(19)27-24(28)33-14-22(29)26-17-6-5-7-18(13-17)34(25,31)32/h3-13H,14H2,1-2H3,(H,26,29)(H2,25,31,32). The number of hydrogen-bond donors (Lipinski definition) is 2. The largest absolute Gasteiger partial charge is 0.325 e. The van der Waals surface area contributed by atoms with Gasteiger partial charge in [-0.05, 0) is 61.4 Å². The Kier molecular flexibility index (Phi) is 6.56. The maximum atomic E-state index is 13.4. The van der Waals surface area contributed by atoms with Crippen molar-refractivity contribution in [3.8, 4) is 5.69 Å². The number of primary sulfonamides is 1. The molecule has 0 saturated carbocycles. The van der Waals surface area contributed by atoms with Crippen molar-refractivity contribution in [2.75, 3.05) is 11.1 Å². The molecule has 8 nitrogen and oxygen atoms in total. The van der Waals surface area contributed by atoms with Crippen LogP contribution in [0.2, 0.25) is 0 Å². The van der Waals surface area contributed by atoms with E-state index in [1.54, 1.807) is 30.3 Å². The number of aromatic nitrogens is 2. The van der Waals surface area contributed by atoms with Gasteiger partial charge in [0.2, 0.25) is 15.9 Å². The molecule has 1 amide bonds. The first kappa shape index (κ1) is 23.7. The van der Waals surface area contributed by atoms with E-state index in [1.165, 1.54) is 22.8 Å². The van der Waals surface area contributed by atoms with Crippen molar-refractivity contribution in [1.82, 2.24) is 9.55 Å². The zero-order chi connectivity index (χ0) is 24.5.